The second kappa shape index (κ2) is 13.9. The van der Waals surface area contributed by atoms with Gasteiger partial charge in [0.2, 0.25) is 0 Å². The Morgan fingerprint density at radius 3 is 2.14 bits per heavy atom. The van der Waals surface area contributed by atoms with Crippen molar-refractivity contribution in [2.75, 3.05) is 40.4 Å². The molecule has 0 saturated carbocycles. The predicted octanol–water partition coefficient (Wildman–Crippen LogP) is 5.72. The quantitative estimate of drug-likeness (QED) is 0.536. The van der Waals surface area contributed by atoms with Gasteiger partial charge in [0.1, 0.15) is 0 Å². The molecule has 3 rings (SSSR count). The van der Waals surface area contributed by atoms with E-state index in [0.29, 0.717) is 37.3 Å². The lowest BCUT2D eigenvalue weighted by molar-refractivity contribution is 0.0598. The highest BCUT2D eigenvalue weighted by Gasteiger charge is 2.26. The van der Waals surface area contributed by atoms with E-state index in [2.05, 4.69) is 40.7 Å². The zero-order valence-corrected chi connectivity index (χ0v) is 23.6. The van der Waals surface area contributed by atoms with Crippen molar-refractivity contribution < 1.29 is 24.2 Å². The van der Waals surface area contributed by atoms with Crippen molar-refractivity contribution in [3.63, 3.8) is 0 Å². The van der Waals surface area contributed by atoms with Crippen LogP contribution in [0.25, 0.3) is 0 Å². The van der Waals surface area contributed by atoms with Gasteiger partial charge in [0, 0.05) is 31.7 Å². The molecule has 0 atom stereocenters. The molecule has 7 heteroatoms. The highest BCUT2D eigenvalue weighted by atomic mass is 16.5. The molecule has 1 N–H and O–H groups in total. The Morgan fingerprint density at radius 2 is 1.59 bits per heavy atom. The van der Waals surface area contributed by atoms with Gasteiger partial charge in [0.15, 0.2) is 11.5 Å². The average molecular weight is 513 g/mol. The van der Waals surface area contributed by atoms with Crippen LogP contribution >= 0.6 is 0 Å². The topological polar surface area (TPSA) is 79.3 Å². The van der Waals surface area contributed by atoms with Crippen LogP contribution in [0.2, 0.25) is 0 Å². The summed E-state index contributed by atoms with van der Waals surface area (Å²) < 4.78 is 9.79. The number of phenolic OH excluding ortho intramolecular Hbond substituents is 1. The fourth-order valence-corrected chi connectivity index (χ4v) is 4.37. The summed E-state index contributed by atoms with van der Waals surface area (Å²) in [5.74, 6) is 0.829. The first kappa shape index (κ1) is 30.0. The molecule has 2 aromatic carbocycles. The van der Waals surface area contributed by atoms with E-state index < -0.39 is 0 Å². The van der Waals surface area contributed by atoms with Crippen LogP contribution in [0.1, 0.15) is 68.1 Å². The van der Waals surface area contributed by atoms with Crippen LogP contribution in [0.3, 0.4) is 0 Å². The van der Waals surface area contributed by atoms with Crippen molar-refractivity contribution >= 4 is 12.0 Å². The van der Waals surface area contributed by atoms with Crippen molar-refractivity contribution in [3.8, 4) is 11.5 Å². The summed E-state index contributed by atoms with van der Waals surface area (Å²) in [5, 5.41) is 9.44. The van der Waals surface area contributed by atoms with Crippen LogP contribution < -0.4 is 4.74 Å². The van der Waals surface area contributed by atoms with E-state index in [9.17, 15) is 14.7 Å². The van der Waals surface area contributed by atoms with Gasteiger partial charge in [-0.25, -0.2) is 4.79 Å². The number of methoxy groups -OCH3 is 2. The van der Waals surface area contributed by atoms with E-state index in [0.717, 1.165) is 36.8 Å². The highest BCUT2D eigenvalue weighted by Crippen LogP contribution is 2.28. The van der Waals surface area contributed by atoms with E-state index in [-0.39, 0.29) is 17.7 Å². The minimum Gasteiger partial charge on any atom is -0.504 e. The molecule has 0 spiro atoms. The maximum atomic E-state index is 12.8. The van der Waals surface area contributed by atoms with E-state index in [1.165, 1.54) is 18.2 Å². The van der Waals surface area contributed by atoms with Crippen molar-refractivity contribution in [2.24, 2.45) is 5.41 Å². The van der Waals surface area contributed by atoms with Crippen LogP contribution in [-0.2, 0) is 24.0 Å². The third-order valence-electron chi connectivity index (χ3n) is 6.65. The third kappa shape index (κ3) is 8.69. The molecule has 1 fully saturated rings. The zero-order chi connectivity index (χ0) is 27.6. The Bertz CT molecular complexity index is 1040. The average Bonchev–Trinajstić information content (AvgIpc) is 2.91. The van der Waals surface area contributed by atoms with E-state index in [4.69, 9.17) is 9.47 Å². The molecule has 2 aromatic rings. The van der Waals surface area contributed by atoms with Crippen LogP contribution in [0, 0.1) is 5.41 Å². The maximum absolute atomic E-state index is 12.8. The van der Waals surface area contributed by atoms with Crippen LogP contribution in [0.4, 0.5) is 4.79 Å². The van der Waals surface area contributed by atoms with Gasteiger partial charge in [0.25, 0.3) is 5.91 Å². The lowest BCUT2D eigenvalue weighted by Gasteiger charge is -2.34. The standard InChI is InChI=1S/C17H24N2O3.C13H20O2/c1-4-13-7-6-8-15(14(13)5-2)16(20)18-9-11-19(12-10-18)17(21)22-3;1-13(2,3)8-7-10-5-6-11(14)12(9-10)15-4/h6-8H,4-5,9-12H2,1-3H3;5-6,9,14H,7-8H2,1-4H3. The molecular weight excluding hydrogens is 468 g/mol. The third-order valence-corrected chi connectivity index (χ3v) is 6.65. The summed E-state index contributed by atoms with van der Waals surface area (Å²) in [4.78, 5) is 27.7. The van der Waals surface area contributed by atoms with Crippen LogP contribution in [0.5, 0.6) is 11.5 Å². The molecule has 37 heavy (non-hydrogen) atoms. The first-order valence-corrected chi connectivity index (χ1v) is 13.1. The number of hydrogen-bond acceptors (Lipinski definition) is 5. The normalized spacial score (nSPS) is 13.5. The van der Waals surface area contributed by atoms with Gasteiger partial charge < -0.3 is 24.4 Å². The first-order chi connectivity index (χ1) is 17.5. The summed E-state index contributed by atoms with van der Waals surface area (Å²) in [7, 11) is 2.95. The lowest BCUT2D eigenvalue weighted by Crippen LogP contribution is -2.50. The van der Waals surface area contributed by atoms with Gasteiger partial charge in [-0.15, -0.1) is 0 Å². The molecular formula is C30H44N2O5. The molecule has 1 aliphatic heterocycles. The number of hydrogen-bond donors (Lipinski definition) is 1. The minimum atomic E-state index is -0.325. The number of carbonyl (C=O) groups excluding carboxylic acids is 2. The largest absolute Gasteiger partial charge is 0.504 e. The minimum absolute atomic E-state index is 0.0664. The van der Waals surface area contributed by atoms with Crippen LogP contribution in [-0.4, -0.2) is 67.3 Å². The first-order valence-electron chi connectivity index (χ1n) is 13.1. The van der Waals surface area contributed by atoms with Crippen molar-refractivity contribution in [1.29, 1.82) is 0 Å². The van der Waals surface area contributed by atoms with Crippen molar-refractivity contribution in [2.45, 2.75) is 60.3 Å². The number of carbonyl (C=O) groups is 2. The molecule has 0 bridgehead atoms. The molecule has 204 valence electrons. The second-order valence-corrected chi connectivity index (χ2v) is 10.5. The molecule has 2 amide bonds. The molecule has 7 nitrogen and oxygen atoms in total. The van der Waals surface area contributed by atoms with Gasteiger partial charge in [0.05, 0.1) is 14.2 Å². The summed E-state index contributed by atoms with van der Waals surface area (Å²) in [5.41, 5.74) is 4.73. The fraction of sp³-hybridized carbons (Fsp3) is 0.533. The summed E-state index contributed by atoms with van der Waals surface area (Å²) >= 11 is 0. The maximum Gasteiger partial charge on any atom is 0.409 e. The lowest BCUT2D eigenvalue weighted by atomic mass is 9.89. The van der Waals surface area contributed by atoms with Gasteiger partial charge in [-0.2, -0.15) is 0 Å². The molecule has 1 aliphatic rings. The number of aromatic hydroxyl groups is 1. The summed E-state index contributed by atoms with van der Waals surface area (Å²) in [6, 6.07) is 11.5. The van der Waals surface area contributed by atoms with E-state index in [1.54, 1.807) is 18.1 Å². The highest BCUT2D eigenvalue weighted by molar-refractivity contribution is 5.96. The number of phenols is 1. The second-order valence-electron chi connectivity index (χ2n) is 10.5. The molecule has 0 aromatic heterocycles. The van der Waals surface area contributed by atoms with Gasteiger partial charge >= 0.3 is 6.09 Å². The number of rotatable bonds is 6. The number of aryl methyl sites for hydroxylation is 2. The number of nitrogens with zero attached hydrogens (tertiary/aromatic N) is 2. The number of ether oxygens (including phenoxy) is 2. The Hall–Kier alpha value is -3.22. The molecule has 0 radical (unpaired) electrons. The Morgan fingerprint density at radius 1 is 0.946 bits per heavy atom. The van der Waals surface area contributed by atoms with E-state index in [1.807, 2.05) is 29.2 Å². The SMILES string of the molecule is CCc1cccc(C(=O)N2CCN(C(=O)OC)CC2)c1CC.COc1cc(CCC(C)(C)C)ccc1O. The van der Waals surface area contributed by atoms with E-state index >= 15 is 0 Å². The summed E-state index contributed by atoms with van der Waals surface area (Å²) in [6.45, 7) is 13.0. The number of benzene rings is 2. The number of amides is 2. The molecule has 0 unspecified atom stereocenters. The zero-order valence-electron chi connectivity index (χ0n) is 23.6. The van der Waals surface area contributed by atoms with Gasteiger partial charge in [-0.3, -0.25) is 4.79 Å². The van der Waals surface area contributed by atoms with Crippen molar-refractivity contribution in [1.82, 2.24) is 9.80 Å². The molecule has 1 heterocycles. The number of piperazine rings is 1. The monoisotopic (exact) mass is 512 g/mol. The molecule has 1 saturated heterocycles. The fourth-order valence-electron chi connectivity index (χ4n) is 4.37. The van der Waals surface area contributed by atoms with Gasteiger partial charge in [-0.1, -0.05) is 52.8 Å². The van der Waals surface area contributed by atoms with Gasteiger partial charge in [-0.05, 0) is 66.0 Å². The summed E-state index contributed by atoms with van der Waals surface area (Å²) in [6.07, 6.45) is 3.60. The Balaban J connectivity index is 0.000000281. The Labute approximate surface area is 222 Å². The Kier molecular flexibility index (Phi) is 11.3. The predicted molar refractivity (Wildman–Crippen MR) is 148 cm³/mol. The van der Waals surface area contributed by atoms with Crippen LogP contribution in [0.15, 0.2) is 36.4 Å². The smallest absolute Gasteiger partial charge is 0.409 e. The van der Waals surface area contributed by atoms with Crippen molar-refractivity contribution in [3.05, 3.63) is 58.7 Å². The molecule has 0 aliphatic carbocycles.